The lowest BCUT2D eigenvalue weighted by atomic mass is 10.2. The molecular formula is C10H5N5S. The molecule has 0 radical (unpaired) electrons. The van der Waals surface area contributed by atoms with Gasteiger partial charge in [0.2, 0.25) is 0 Å². The Hall–Kier alpha value is -2.26. The summed E-state index contributed by atoms with van der Waals surface area (Å²) in [6.07, 6.45) is 1.53. The highest BCUT2D eigenvalue weighted by atomic mass is 32.1. The fourth-order valence-electron chi connectivity index (χ4n) is 1.45. The SMILES string of the molecule is N#Cc1ncn(-c2snc3ccccc23)n1. The minimum Gasteiger partial charge on any atom is -0.207 e. The summed E-state index contributed by atoms with van der Waals surface area (Å²) < 4.78 is 5.88. The van der Waals surface area contributed by atoms with E-state index in [9.17, 15) is 0 Å². The van der Waals surface area contributed by atoms with Crippen LogP contribution in [0.2, 0.25) is 0 Å². The van der Waals surface area contributed by atoms with Crippen LogP contribution in [0.15, 0.2) is 30.6 Å². The van der Waals surface area contributed by atoms with E-state index in [1.165, 1.54) is 17.9 Å². The molecule has 3 rings (SSSR count). The molecule has 0 unspecified atom stereocenters. The van der Waals surface area contributed by atoms with Gasteiger partial charge in [-0.15, -0.1) is 5.10 Å². The van der Waals surface area contributed by atoms with Crippen molar-refractivity contribution in [3.8, 4) is 11.1 Å². The van der Waals surface area contributed by atoms with Crippen molar-refractivity contribution in [1.29, 1.82) is 5.26 Å². The van der Waals surface area contributed by atoms with Gasteiger partial charge in [-0.25, -0.2) is 9.67 Å². The molecule has 2 heterocycles. The van der Waals surface area contributed by atoms with Crippen LogP contribution in [0.3, 0.4) is 0 Å². The fourth-order valence-corrected chi connectivity index (χ4v) is 2.24. The monoisotopic (exact) mass is 227 g/mol. The molecule has 0 saturated carbocycles. The average Bonchev–Trinajstić information content (AvgIpc) is 2.94. The molecule has 0 saturated heterocycles. The Morgan fingerprint density at radius 3 is 3.00 bits per heavy atom. The minimum absolute atomic E-state index is 0.164. The molecule has 5 nitrogen and oxygen atoms in total. The Kier molecular flexibility index (Phi) is 1.91. The van der Waals surface area contributed by atoms with E-state index < -0.39 is 0 Å². The number of rotatable bonds is 1. The molecule has 0 aliphatic rings. The molecule has 0 aliphatic carbocycles. The Bertz CT molecular complexity index is 690. The summed E-state index contributed by atoms with van der Waals surface area (Å²) in [5.74, 6) is 0.164. The third-order valence-corrected chi connectivity index (χ3v) is 3.03. The number of nitrogens with zero attached hydrogens (tertiary/aromatic N) is 5. The van der Waals surface area contributed by atoms with E-state index in [0.717, 1.165) is 15.9 Å². The summed E-state index contributed by atoms with van der Waals surface area (Å²) >= 11 is 1.34. The van der Waals surface area contributed by atoms with Crippen molar-refractivity contribution in [1.82, 2.24) is 19.1 Å². The van der Waals surface area contributed by atoms with Gasteiger partial charge in [-0.3, -0.25) is 0 Å². The topological polar surface area (TPSA) is 67.4 Å². The van der Waals surface area contributed by atoms with Crippen LogP contribution in [0.4, 0.5) is 0 Å². The van der Waals surface area contributed by atoms with E-state index in [1.54, 1.807) is 4.68 Å². The van der Waals surface area contributed by atoms with Gasteiger partial charge in [0.05, 0.1) is 5.52 Å². The zero-order chi connectivity index (χ0) is 11.0. The van der Waals surface area contributed by atoms with Crippen LogP contribution in [-0.2, 0) is 0 Å². The maximum atomic E-state index is 8.66. The second kappa shape index (κ2) is 3.40. The van der Waals surface area contributed by atoms with Gasteiger partial charge in [0.25, 0.3) is 5.82 Å². The molecule has 0 aliphatic heterocycles. The molecule has 6 heteroatoms. The van der Waals surface area contributed by atoms with E-state index in [2.05, 4.69) is 14.5 Å². The van der Waals surface area contributed by atoms with Crippen LogP contribution in [0.25, 0.3) is 15.9 Å². The zero-order valence-corrected chi connectivity index (χ0v) is 8.85. The van der Waals surface area contributed by atoms with Gasteiger partial charge in [-0.2, -0.15) is 9.64 Å². The van der Waals surface area contributed by atoms with Gasteiger partial charge in [0.1, 0.15) is 17.4 Å². The maximum Gasteiger partial charge on any atom is 0.252 e. The van der Waals surface area contributed by atoms with Crippen LogP contribution in [0.1, 0.15) is 5.82 Å². The van der Waals surface area contributed by atoms with Gasteiger partial charge in [-0.1, -0.05) is 12.1 Å². The predicted molar refractivity (Wildman–Crippen MR) is 59.3 cm³/mol. The molecule has 1 aromatic carbocycles. The minimum atomic E-state index is 0.164. The van der Waals surface area contributed by atoms with E-state index in [-0.39, 0.29) is 5.82 Å². The van der Waals surface area contributed by atoms with Crippen LogP contribution in [-0.4, -0.2) is 19.1 Å². The number of nitriles is 1. The van der Waals surface area contributed by atoms with E-state index in [1.807, 2.05) is 30.3 Å². The molecule has 3 aromatic rings. The van der Waals surface area contributed by atoms with E-state index in [0.29, 0.717) is 0 Å². The zero-order valence-electron chi connectivity index (χ0n) is 8.03. The highest BCUT2D eigenvalue weighted by molar-refractivity contribution is 7.10. The number of aromatic nitrogens is 4. The second-order valence-electron chi connectivity index (χ2n) is 3.13. The van der Waals surface area contributed by atoms with Crippen molar-refractivity contribution in [2.45, 2.75) is 0 Å². The molecule has 0 bridgehead atoms. The van der Waals surface area contributed by atoms with Crippen molar-refractivity contribution in [3.63, 3.8) is 0 Å². The van der Waals surface area contributed by atoms with Crippen LogP contribution in [0, 0.1) is 11.3 Å². The van der Waals surface area contributed by atoms with Crippen molar-refractivity contribution in [3.05, 3.63) is 36.4 Å². The van der Waals surface area contributed by atoms with Gasteiger partial charge in [0, 0.05) is 5.39 Å². The Labute approximate surface area is 94.8 Å². The first-order valence-corrected chi connectivity index (χ1v) is 5.32. The number of hydrogen-bond acceptors (Lipinski definition) is 5. The van der Waals surface area contributed by atoms with E-state index in [4.69, 9.17) is 5.26 Å². The third kappa shape index (κ3) is 1.26. The van der Waals surface area contributed by atoms with Crippen molar-refractivity contribution in [2.75, 3.05) is 0 Å². The molecule has 0 spiro atoms. The molecule has 0 fully saturated rings. The first-order valence-electron chi connectivity index (χ1n) is 4.55. The standard InChI is InChI=1S/C10H5N5S/c11-5-9-12-6-15(13-9)10-7-3-1-2-4-8(7)14-16-10/h1-4,6H. The van der Waals surface area contributed by atoms with Crippen LogP contribution in [0.5, 0.6) is 0 Å². The predicted octanol–water partition coefficient (Wildman–Crippen LogP) is 1.75. The summed E-state index contributed by atoms with van der Waals surface area (Å²) in [6.45, 7) is 0. The third-order valence-electron chi connectivity index (χ3n) is 2.16. The van der Waals surface area contributed by atoms with Gasteiger partial charge < -0.3 is 0 Å². The molecular weight excluding hydrogens is 222 g/mol. The van der Waals surface area contributed by atoms with Crippen molar-refractivity contribution >= 4 is 22.4 Å². The quantitative estimate of drug-likeness (QED) is 0.635. The largest absolute Gasteiger partial charge is 0.252 e. The first kappa shape index (κ1) is 9.00. The lowest BCUT2D eigenvalue weighted by Gasteiger charge is -1.94. The summed E-state index contributed by atoms with van der Waals surface area (Å²) in [7, 11) is 0. The molecule has 2 aromatic heterocycles. The number of hydrogen-bond donors (Lipinski definition) is 0. The molecule has 0 amide bonds. The van der Waals surface area contributed by atoms with Crippen molar-refractivity contribution in [2.24, 2.45) is 0 Å². The first-order chi connectivity index (χ1) is 7.88. The maximum absolute atomic E-state index is 8.66. The highest BCUT2D eigenvalue weighted by Crippen LogP contribution is 2.24. The van der Waals surface area contributed by atoms with Gasteiger partial charge in [-0.05, 0) is 23.7 Å². The van der Waals surface area contributed by atoms with Gasteiger partial charge in [0.15, 0.2) is 0 Å². The lowest BCUT2D eigenvalue weighted by Crippen LogP contribution is -1.92. The Morgan fingerprint density at radius 1 is 1.31 bits per heavy atom. The number of benzene rings is 1. The molecule has 76 valence electrons. The average molecular weight is 227 g/mol. The summed E-state index contributed by atoms with van der Waals surface area (Å²) in [5, 5.41) is 14.6. The summed E-state index contributed by atoms with van der Waals surface area (Å²) in [5.41, 5.74) is 0.927. The van der Waals surface area contributed by atoms with Gasteiger partial charge >= 0.3 is 0 Å². The fraction of sp³-hybridized carbons (Fsp3) is 0. The lowest BCUT2D eigenvalue weighted by molar-refractivity contribution is 0.894. The highest BCUT2D eigenvalue weighted by Gasteiger charge is 2.09. The Balaban J connectivity index is 2.23. The Morgan fingerprint density at radius 2 is 2.19 bits per heavy atom. The smallest absolute Gasteiger partial charge is 0.207 e. The van der Waals surface area contributed by atoms with Crippen LogP contribution < -0.4 is 0 Å². The normalized spacial score (nSPS) is 10.4. The number of fused-ring (bicyclic) bond motifs is 1. The van der Waals surface area contributed by atoms with Crippen molar-refractivity contribution < 1.29 is 0 Å². The summed E-state index contributed by atoms with van der Waals surface area (Å²) in [6, 6.07) is 9.70. The molecule has 0 atom stereocenters. The van der Waals surface area contributed by atoms with Crippen LogP contribution >= 0.6 is 11.5 Å². The molecule has 0 N–H and O–H groups in total. The second-order valence-corrected chi connectivity index (χ2v) is 3.88. The van der Waals surface area contributed by atoms with E-state index >= 15 is 0 Å². The summed E-state index contributed by atoms with van der Waals surface area (Å²) in [4.78, 5) is 3.87. The molecule has 16 heavy (non-hydrogen) atoms.